The number of fused-ring (bicyclic) bond motifs is 1. The fourth-order valence-electron chi connectivity index (χ4n) is 6.69. The van der Waals surface area contributed by atoms with Crippen LogP contribution >= 0.6 is 0 Å². The monoisotopic (exact) mass is 499 g/mol. The first-order valence-electron chi connectivity index (χ1n) is 11.5. The highest BCUT2D eigenvalue weighted by molar-refractivity contribution is 7.88. The van der Waals surface area contributed by atoms with Crippen LogP contribution in [0.5, 0.6) is 5.75 Å². The van der Waals surface area contributed by atoms with Crippen LogP contribution < -0.4 is 8.91 Å². The quantitative estimate of drug-likeness (QED) is 0.470. The lowest BCUT2D eigenvalue weighted by atomic mass is 9.45. The smallest absolute Gasteiger partial charge is 0.306 e. The van der Waals surface area contributed by atoms with Crippen LogP contribution in [0.25, 0.3) is 0 Å². The molecule has 2 aliphatic rings. The van der Waals surface area contributed by atoms with Gasteiger partial charge in [0.1, 0.15) is 5.75 Å². The number of sulfonamides is 1. The van der Waals surface area contributed by atoms with E-state index in [1.165, 1.54) is 6.07 Å². The standard InChI is InChI=1S/C24H37NO6S2/c1-15-11-17(13-18(12-15)31-33(7,29)30)22(26)21-16(2)19(25-32(6,27)28)14-20-23(3,4)9-8-10-24(20,21)5/h11-13,16,19-21,25H,8-10,14H2,1-7H3/t16-,19-,20+,21-,24+/m1/s1. The Bertz CT molecular complexity index is 1140. The first-order chi connectivity index (χ1) is 14.9. The fraction of sp³-hybridized carbons (Fsp3) is 0.708. The highest BCUT2D eigenvalue weighted by atomic mass is 32.2. The van der Waals surface area contributed by atoms with Gasteiger partial charge in [-0.15, -0.1) is 0 Å². The van der Waals surface area contributed by atoms with Gasteiger partial charge in [0.05, 0.1) is 12.5 Å². The van der Waals surface area contributed by atoms with Crippen molar-refractivity contribution in [2.45, 2.75) is 66.3 Å². The molecular formula is C24H37NO6S2. The number of carbonyl (C=O) groups is 1. The molecule has 0 saturated heterocycles. The Hall–Kier alpha value is -1.45. The summed E-state index contributed by atoms with van der Waals surface area (Å²) >= 11 is 0. The van der Waals surface area contributed by atoms with Crippen LogP contribution in [0.4, 0.5) is 0 Å². The normalized spacial score (nSPS) is 32.1. The van der Waals surface area contributed by atoms with Crippen LogP contribution in [0.15, 0.2) is 18.2 Å². The van der Waals surface area contributed by atoms with E-state index in [2.05, 4.69) is 25.5 Å². The average Bonchev–Trinajstić information content (AvgIpc) is 2.59. The second kappa shape index (κ2) is 8.64. The van der Waals surface area contributed by atoms with Gasteiger partial charge in [0.25, 0.3) is 0 Å². The Morgan fingerprint density at radius 3 is 2.27 bits per heavy atom. The number of hydrogen-bond acceptors (Lipinski definition) is 6. The van der Waals surface area contributed by atoms with Crippen molar-refractivity contribution < 1.29 is 25.8 Å². The number of nitrogens with one attached hydrogen (secondary N) is 1. The van der Waals surface area contributed by atoms with E-state index >= 15 is 0 Å². The molecule has 3 rings (SSSR count). The number of hydrogen-bond donors (Lipinski definition) is 1. The molecule has 0 aromatic heterocycles. The predicted octanol–water partition coefficient (Wildman–Crippen LogP) is 3.92. The fourth-order valence-corrected chi connectivity index (χ4v) is 8.00. The third kappa shape index (κ3) is 5.62. The molecule has 0 aliphatic heterocycles. The maximum Gasteiger partial charge on any atom is 0.306 e. The Balaban J connectivity index is 2.10. The number of carbonyl (C=O) groups excluding carboxylic acids is 1. The number of Topliss-reactive ketones (excluding diaryl/α,β-unsaturated/α-hetero) is 1. The van der Waals surface area contributed by atoms with Gasteiger partial charge in [-0.2, -0.15) is 8.42 Å². The maximum atomic E-state index is 14.1. The van der Waals surface area contributed by atoms with E-state index in [0.717, 1.165) is 37.3 Å². The zero-order chi connectivity index (χ0) is 25.0. The molecule has 1 aromatic carbocycles. The highest BCUT2D eigenvalue weighted by Crippen LogP contribution is 2.61. The average molecular weight is 500 g/mol. The molecule has 0 radical (unpaired) electrons. The summed E-state index contributed by atoms with van der Waals surface area (Å²) in [7, 11) is -7.18. The molecule has 7 nitrogen and oxygen atoms in total. The van der Waals surface area contributed by atoms with Crippen molar-refractivity contribution in [3.05, 3.63) is 29.3 Å². The van der Waals surface area contributed by atoms with Crippen LogP contribution in [0.1, 0.15) is 69.3 Å². The topological polar surface area (TPSA) is 107 Å². The minimum Gasteiger partial charge on any atom is -0.383 e. The highest BCUT2D eigenvalue weighted by Gasteiger charge is 2.58. The van der Waals surface area contributed by atoms with Crippen LogP contribution in [0.3, 0.4) is 0 Å². The number of aryl methyl sites for hydroxylation is 1. The van der Waals surface area contributed by atoms with Crippen molar-refractivity contribution in [2.24, 2.45) is 28.6 Å². The van der Waals surface area contributed by atoms with E-state index in [1.54, 1.807) is 19.1 Å². The predicted molar refractivity (Wildman–Crippen MR) is 129 cm³/mol. The maximum absolute atomic E-state index is 14.1. The molecule has 9 heteroatoms. The third-order valence-corrected chi connectivity index (χ3v) is 9.09. The summed E-state index contributed by atoms with van der Waals surface area (Å²) in [5, 5.41) is 0. The summed E-state index contributed by atoms with van der Waals surface area (Å²) < 4.78 is 55.5. The van der Waals surface area contributed by atoms with E-state index in [9.17, 15) is 21.6 Å². The van der Waals surface area contributed by atoms with Gasteiger partial charge in [-0.25, -0.2) is 13.1 Å². The molecule has 2 saturated carbocycles. The molecular weight excluding hydrogens is 462 g/mol. The summed E-state index contributed by atoms with van der Waals surface area (Å²) in [5.41, 5.74) is 0.795. The van der Waals surface area contributed by atoms with Gasteiger partial charge in [-0.1, -0.05) is 34.1 Å². The lowest BCUT2D eigenvalue weighted by molar-refractivity contribution is -0.0886. The summed E-state index contributed by atoms with van der Waals surface area (Å²) in [6, 6.07) is 4.48. The molecule has 2 fully saturated rings. The van der Waals surface area contributed by atoms with E-state index < -0.39 is 26.1 Å². The van der Waals surface area contributed by atoms with Gasteiger partial charge in [0.2, 0.25) is 10.0 Å². The van der Waals surface area contributed by atoms with Crippen molar-refractivity contribution in [1.29, 1.82) is 0 Å². The zero-order valence-corrected chi connectivity index (χ0v) is 22.3. The molecule has 33 heavy (non-hydrogen) atoms. The molecule has 0 spiro atoms. The van der Waals surface area contributed by atoms with Gasteiger partial charge >= 0.3 is 10.1 Å². The molecule has 1 N–H and O–H groups in total. The summed E-state index contributed by atoms with van der Waals surface area (Å²) in [6.45, 7) is 10.4. The molecule has 0 bridgehead atoms. The number of rotatable bonds is 6. The van der Waals surface area contributed by atoms with E-state index in [-0.39, 0.29) is 40.2 Å². The molecule has 1 aromatic rings. The minimum atomic E-state index is -3.74. The largest absolute Gasteiger partial charge is 0.383 e. The Morgan fingerprint density at radius 1 is 1.06 bits per heavy atom. The molecule has 0 unspecified atom stereocenters. The number of benzene rings is 1. The SMILES string of the molecule is Cc1cc(OS(C)(=O)=O)cc(C(=O)[C@H]2[C@H](C)[C@H](NS(C)(=O)=O)C[C@H]3C(C)(C)CCC[C@]23C)c1. The molecule has 186 valence electrons. The zero-order valence-electron chi connectivity index (χ0n) is 20.6. The summed E-state index contributed by atoms with van der Waals surface area (Å²) in [5.74, 6) is -0.444. The van der Waals surface area contributed by atoms with Gasteiger partial charge < -0.3 is 4.18 Å². The van der Waals surface area contributed by atoms with Crippen LogP contribution in [0, 0.1) is 35.5 Å². The van der Waals surface area contributed by atoms with Crippen LogP contribution in [0.2, 0.25) is 0 Å². The van der Waals surface area contributed by atoms with E-state index in [4.69, 9.17) is 4.18 Å². The first kappa shape index (κ1) is 26.2. The van der Waals surface area contributed by atoms with Crippen molar-refractivity contribution in [2.75, 3.05) is 12.5 Å². The van der Waals surface area contributed by atoms with Gasteiger partial charge in [0.15, 0.2) is 5.78 Å². The van der Waals surface area contributed by atoms with Gasteiger partial charge in [-0.05, 0) is 72.6 Å². The molecule has 5 atom stereocenters. The lowest BCUT2D eigenvalue weighted by Gasteiger charge is -2.60. The Morgan fingerprint density at radius 2 is 1.70 bits per heavy atom. The van der Waals surface area contributed by atoms with E-state index in [0.29, 0.717) is 12.0 Å². The van der Waals surface area contributed by atoms with Crippen molar-refractivity contribution in [3.63, 3.8) is 0 Å². The molecule has 0 amide bonds. The second-order valence-corrected chi connectivity index (χ2v) is 14.5. The van der Waals surface area contributed by atoms with Crippen molar-refractivity contribution in [3.8, 4) is 5.75 Å². The van der Waals surface area contributed by atoms with Crippen molar-refractivity contribution in [1.82, 2.24) is 4.72 Å². The molecule has 0 heterocycles. The Labute approximate surface area is 198 Å². The summed E-state index contributed by atoms with van der Waals surface area (Å²) in [4.78, 5) is 14.1. The van der Waals surface area contributed by atoms with Crippen LogP contribution in [-0.4, -0.2) is 41.2 Å². The third-order valence-electron chi connectivity index (χ3n) is 7.87. The Kier molecular flexibility index (Phi) is 6.85. The van der Waals surface area contributed by atoms with Crippen LogP contribution in [-0.2, 0) is 20.1 Å². The number of ketones is 1. The van der Waals surface area contributed by atoms with Gasteiger partial charge in [-0.3, -0.25) is 4.79 Å². The lowest BCUT2D eigenvalue weighted by Crippen LogP contribution is -2.60. The second-order valence-electron chi connectivity index (χ2n) is 11.2. The first-order valence-corrected chi connectivity index (χ1v) is 15.2. The summed E-state index contributed by atoms with van der Waals surface area (Å²) in [6.07, 6.45) is 5.76. The van der Waals surface area contributed by atoms with Crippen molar-refractivity contribution >= 4 is 25.9 Å². The van der Waals surface area contributed by atoms with Gasteiger partial charge in [0, 0.05) is 17.5 Å². The minimum absolute atomic E-state index is 0.0275. The van der Waals surface area contributed by atoms with E-state index in [1.807, 2.05) is 6.92 Å². The molecule has 2 aliphatic carbocycles.